The lowest BCUT2D eigenvalue weighted by molar-refractivity contribution is 0.600. The van der Waals surface area contributed by atoms with Gasteiger partial charge in [-0.15, -0.1) is 0 Å². The Kier molecular flexibility index (Phi) is 5.17. The lowest BCUT2D eigenvalue weighted by Crippen LogP contribution is -2.15. The highest BCUT2D eigenvalue weighted by molar-refractivity contribution is 7.91. The number of thiophene rings is 1. The van der Waals surface area contributed by atoms with E-state index in [2.05, 4.69) is 10.0 Å². The van der Waals surface area contributed by atoms with Gasteiger partial charge in [-0.2, -0.15) is 11.3 Å². The van der Waals surface area contributed by atoms with Crippen LogP contribution in [-0.2, 0) is 22.3 Å². The standard InChI is InChI=1S/C14H18N2O2S2/c1-2-15-9-12-4-3-5-13(8-12)11-20(17,18)16-14-6-7-19-10-14/h3-8,10,15-16H,2,9,11H2,1H3. The Morgan fingerprint density at radius 3 is 2.70 bits per heavy atom. The zero-order chi connectivity index (χ0) is 14.4. The molecule has 2 N–H and O–H groups in total. The molecular formula is C14H18N2O2S2. The summed E-state index contributed by atoms with van der Waals surface area (Å²) in [6.45, 7) is 3.68. The van der Waals surface area contributed by atoms with E-state index >= 15 is 0 Å². The minimum absolute atomic E-state index is 0.0111. The van der Waals surface area contributed by atoms with E-state index < -0.39 is 10.0 Å². The maximum absolute atomic E-state index is 12.1. The first kappa shape index (κ1) is 15.0. The molecule has 2 aromatic rings. The summed E-state index contributed by atoms with van der Waals surface area (Å²) in [6.07, 6.45) is 0. The zero-order valence-corrected chi connectivity index (χ0v) is 12.9. The molecule has 2 rings (SSSR count). The first-order chi connectivity index (χ1) is 9.59. The van der Waals surface area contributed by atoms with Crippen molar-refractivity contribution in [2.24, 2.45) is 0 Å². The van der Waals surface area contributed by atoms with Crippen LogP contribution in [0.5, 0.6) is 0 Å². The van der Waals surface area contributed by atoms with Gasteiger partial charge in [0, 0.05) is 11.9 Å². The van der Waals surface area contributed by atoms with Crippen molar-refractivity contribution in [3.63, 3.8) is 0 Å². The van der Waals surface area contributed by atoms with Crippen molar-refractivity contribution in [2.45, 2.75) is 19.2 Å². The molecule has 20 heavy (non-hydrogen) atoms. The SMILES string of the molecule is CCNCc1cccc(CS(=O)(=O)Nc2ccsc2)c1. The fourth-order valence-electron chi connectivity index (χ4n) is 1.86. The van der Waals surface area contributed by atoms with Crippen LogP contribution in [0.2, 0.25) is 0 Å². The van der Waals surface area contributed by atoms with Gasteiger partial charge < -0.3 is 5.32 Å². The predicted octanol–water partition coefficient (Wildman–Crippen LogP) is 2.80. The van der Waals surface area contributed by atoms with Crippen LogP contribution in [-0.4, -0.2) is 15.0 Å². The van der Waals surface area contributed by atoms with Gasteiger partial charge in [0.05, 0.1) is 11.4 Å². The largest absolute Gasteiger partial charge is 0.313 e. The second-order valence-electron chi connectivity index (χ2n) is 4.47. The van der Waals surface area contributed by atoms with Crippen LogP contribution in [0.4, 0.5) is 5.69 Å². The normalized spacial score (nSPS) is 11.4. The van der Waals surface area contributed by atoms with E-state index in [1.165, 1.54) is 11.3 Å². The van der Waals surface area contributed by atoms with Gasteiger partial charge >= 0.3 is 0 Å². The third-order valence-corrected chi connectivity index (χ3v) is 4.67. The number of rotatable bonds is 7. The molecule has 0 fully saturated rings. The molecule has 0 aliphatic carbocycles. The van der Waals surface area contributed by atoms with Gasteiger partial charge in [-0.05, 0) is 29.1 Å². The van der Waals surface area contributed by atoms with Crippen LogP contribution in [0, 0.1) is 0 Å². The van der Waals surface area contributed by atoms with E-state index in [4.69, 9.17) is 0 Å². The highest BCUT2D eigenvalue weighted by Crippen LogP contribution is 2.16. The average molecular weight is 310 g/mol. The number of nitrogens with one attached hydrogen (secondary N) is 2. The third kappa shape index (κ3) is 4.63. The molecule has 4 nitrogen and oxygen atoms in total. The summed E-state index contributed by atoms with van der Waals surface area (Å²) in [5.41, 5.74) is 2.51. The molecule has 0 aliphatic heterocycles. The highest BCUT2D eigenvalue weighted by atomic mass is 32.2. The Morgan fingerprint density at radius 1 is 1.20 bits per heavy atom. The molecule has 0 spiro atoms. The summed E-state index contributed by atoms with van der Waals surface area (Å²) in [4.78, 5) is 0. The molecule has 6 heteroatoms. The summed E-state index contributed by atoms with van der Waals surface area (Å²) in [7, 11) is -3.36. The van der Waals surface area contributed by atoms with Crippen LogP contribution in [0.15, 0.2) is 41.1 Å². The molecule has 0 bridgehead atoms. The molecular weight excluding hydrogens is 292 g/mol. The highest BCUT2D eigenvalue weighted by Gasteiger charge is 2.12. The average Bonchev–Trinajstić information content (AvgIpc) is 2.88. The van der Waals surface area contributed by atoms with E-state index in [9.17, 15) is 8.42 Å². The lowest BCUT2D eigenvalue weighted by atomic mass is 10.1. The lowest BCUT2D eigenvalue weighted by Gasteiger charge is -2.08. The Morgan fingerprint density at radius 2 is 2.00 bits per heavy atom. The fourth-order valence-corrected chi connectivity index (χ4v) is 3.70. The van der Waals surface area contributed by atoms with Crippen LogP contribution in [0.3, 0.4) is 0 Å². The van der Waals surface area contributed by atoms with E-state index in [-0.39, 0.29) is 5.75 Å². The Hall–Kier alpha value is -1.37. The second-order valence-corrected chi connectivity index (χ2v) is 6.98. The van der Waals surface area contributed by atoms with Gasteiger partial charge in [-0.1, -0.05) is 31.2 Å². The molecule has 1 aromatic carbocycles. The Labute approximate surface area is 123 Å². The van der Waals surface area contributed by atoms with Gasteiger partial charge in [0.25, 0.3) is 0 Å². The Balaban J connectivity index is 2.05. The van der Waals surface area contributed by atoms with Crippen molar-refractivity contribution in [2.75, 3.05) is 11.3 Å². The molecule has 0 aliphatic rings. The molecule has 0 saturated carbocycles. The summed E-state index contributed by atoms with van der Waals surface area (Å²) in [5, 5.41) is 6.85. The third-order valence-electron chi connectivity index (χ3n) is 2.72. The number of benzene rings is 1. The molecule has 0 amide bonds. The molecule has 0 atom stereocenters. The first-order valence-electron chi connectivity index (χ1n) is 6.40. The molecule has 0 unspecified atom stereocenters. The molecule has 1 heterocycles. The predicted molar refractivity (Wildman–Crippen MR) is 84.4 cm³/mol. The number of hydrogen-bond donors (Lipinski definition) is 2. The monoisotopic (exact) mass is 310 g/mol. The van der Waals surface area contributed by atoms with Crippen molar-refractivity contribution in [1.82, 2.24) is 5.32 Å². The minimum atomic E-state index is -3.36. The number of anilines is 1. The van der Waals surface area contributed by atoms with Crippen molar-refractivity contribution < 1.29 is 8.42 Å². The maximum atomic E-state index is 12.1. The van der Waals surface area contributed by atoms with Crippen molar-refractivity contribution >= 4 is 27.0 Å². The van der Waals surface area contributed by atoms with E-state index in [1.807, 2.05) is 36.6 Å². The number of hydrogen-bond acceptors (Lipinski definition) is 4. The van der Waals surface area contributed by atoms with Crippen molar-refractivity contribution in [3.05, 3.63) is 52.2 Å². The van der Waals surface area contributed by atoms with Crippen LogP contribution >= 0.6 is 11.3 Å². The second kappa shape index (κ2) is 6.88. The van der Waals surface area contributed by atoms with Crippen molar-refractivity contribution in [3.8, 4) is 0 Å². The van der Waals surface area contributed by atoms with Crippen LogP contribution < -0.4 is 10.0 Å². The van der Waals surface area contributed by atoms with Gasteiger partial charge in [0.2, 0.25) is 10.0 Å². The van der Waals surface area contributed by atoms with E-state index in [1.54, 1.807) is 11.4 Å². The molecule has 108 valence electrons. The van der Waals surface area contributed by atoms with Gasteiger partial charge in [0.1, 0.15) is 0 Å². The van der Waals surface area contributed by atoms with E-state index in [0.29, 0.717) is 5.69 Å². The summed E-state index contributed by atoms with van der Waals surface area (Å²) in [5.74, 6) is -0.0111. The molecule has 0 saturated heterocycles. The van der Waals surface area contributed by atoms with Crippen LogP contribution in [0.1, 0.15) is 18.1 Å². The first-order valence-corrected chi connectivity index (χ1v) is 9.00. The molecule has 0 radical (unpaired) electrons. The van der Waals surface area contributed by atoms with Crippen LogP contribution in [0.25, 0.3) is 0 Å². The topological polar surface area (TPSA) is 58.2 Å². The summed E-state index contributed by atoms with van der Waals surface area (Å²) < 4.78 is 26.7. The van der Waals surface area contributed by atoms with Gasteiger partial charge in [-0.3, -0.25) is 4.72 Å². The fraction of sp³-hybridized carbons (Fsp3) is 0.286. The Bertz CT molecular complexity index is 637. The van der Waals surface area contributed by atoms with Gasteiger partial charge in [0.15, 0.2) is 0 Å². The summed E-state index contributed by atoms with van der Waals surface area (Å²) in [6, 6.07) is 9.40. The minimum Gasteiger partial charge on any atom is -0.313 e. The smallest absolute Gasteiger partial charge is 0.236 e. The summed E-state index contributed by atoms with van der Waals surface area (Å²) >= 11 is 1.46. The molecule has 1 aromatic heterocycles. The quantitative estimate of drug-likeness (QED) is 0.827. The van der Waals surface area contributed by atoms with Crippen molar-refractivity contribution in [1.29, 1.82) is 0 Å². The zero-order valence-electron chi connectivity index (χ0n) is 11.3. The van der Waals surface area contributed by atoms with E-state index in [0.717, 1.165) is 24.2 Å². The van der Waals surface area contributed by atoms with Gasteiger partial charge in [-0.25, -0.2) is 8.42 Å². The maximum Gasteiger partial charge on any atom is 0.236 e. The number of sulfonamides is 1.